The molecule has 2 aromatic carbocycles. The number of likely N-dealkylation sites (tertiary alicyclic amines) is 1. The van der Waals surface area contributed by atoms with Crippen molar-refractivity contribution in [2.45, 2.75) is 31.7 Å². The highest BCUT2D eigenvalue weighted by atomic mass is 16.5. The molecule has 0 saturated carbocycles. The molecule has 1 amide bonds. The number of hydrogen-bond acceptors (Lipinski definition) is 7. The number of para-hydroxylation sites is 1. The Morgan fingerprint density at radius 3 is 2.46 bits per heavy atom. The summed E-state index contributed by atoms with van der Waals surface area (Å²) < 4.78 is 11.1. The van der Waals surface area contributed by atoms with Crippen LogP contribution in [-0.4, -0.2) is 56.5 Å². The number of ether oxygens (including phenoxy) is 1. The molecule has 1 fully saturated rings. The number of piperidine rings is 1. The highest BCUT2D eigenvalue weighted by Crippen LogP contribution is 2.35. The maximum absolute atomic E-state index is 13.7. The van der Waals surface area contributed by atoms with Crippen molar-refractivity contribution in [3.63, 3.8) is 0 Å². The SMILES string of the molecule is COC(=O)c1nc(C2CCC(C)N(C(=O)c3ccccc3-n3nccn3)C2)oc1-c1ccccc1. The number of carbonyl (C=O) groups is 2. The second-order valence-corrected chi connectivity index (χ2v) is 8.50. The lowest BCUT2D eigenvalue weighted by atomic mass is 9.92. The van der Waals surface area contributed by atoms with Gasteiger partial charge in [-0.25, -0.2) is 9.78 Å². The maximum atomic E-state index is 13.7. The van der Waals surface area contributed by atoms with Crippen molar-refractivity contribution in [2.75, 3.05) is 13.7 Å². The molecular formula is C26H25N5O4. The van der Waals surface area contributed by atoms with Crippen LogP contribution in [0.2, 0.25) is 0 Å². The van der Waals surface area contributed by atoms with E-state index < -0.39 is 5.97 Å². The average molecular weight is 472 g/mol. The Labute approximate surface area is 202 Å². The topological polar surface area (TPSA) is 103 Å². The first-order valence-electron chi connectivity index (χ1n) is 11.5. The zero-order valence-corrected chi connectivity index (χ0v) is 19.5. The van der Waals surface area contributed by atoms with E-state index in [0.717, 1.165) is 18.4 Å². The summed E-state index contributed by atoms with van der Waals surface area (Å²) in [5.41, 5.74) is 2.01. The molecule has 2 aromatic heterocycles. The molecule has 4 aromatic rings. The normalized spacial score (nSPS) is 17.8. The monoisotopic (exact) mass is 471 g/mol. The highest BCUT2D eigenvalue weighted by molar-refractivity contribution is 5.98. The van der Waals surface area contributed by atoms with Crippen molar-refractivity contribution in [3.8, 4) is 17.0 Å². The Bertz CT molecular complexity index is 1330. The van der Waals surface area contributed by atoms with Crippen molar-refractivity contribution < 1.29 is 18.7 Å². The zero-order valence-electron chi connectivity index (χ0n) is 19.5. The molecule has 1 saturated heterocycles. The summed E-state index contributed by atoms with van der Waals surface area (Å²) in [6.45, 7) is 2.45. The van der Waals surface area contributed by atoms with Gasteiger partial charge in [0.25, 0.3) is 5.91 Å². The molecule has 9 nitrogen and oxygen atoms in total. The van der Waals surface area contributed by atoms with Crippen LogP contribution < -0.4 is 0 Å². The van der Waals surface area contributed by atoms with Gasteiger partial charge in [0.2, 0.25) is 5.89 Å². The molecule has 5 rings (SSSR count). The van der Waals surface area contributed by atoms with E-state index in [2.05, 4.69) is 15.2 Å². The highest BCUT2D eigenvalue weighted by Gasteiger charge is 2.35. The molecule has 0 spiro atoms. The van der Waals surface area contributed by atoms with E-state index in [0.29, 0.717) is 29.4 Å². The van der Waals surface area contributed by atoms with E-state index in [1.807, 2.05) is 60.4 Å². The standard InChI is InChI=1S/C26H25N5O4/c1-17-12-13-19(24-29-22(26(33)34-2)23(35-24)18-8-4-3-5-9-18)16-30(17)25(32)20-10-6-7-11-21(20)31-27-14-15-28-31/h3-11,14-15,17,19H,12-13,16H2,1-2H3. The third-order valence-electron chi connectivity index (χ3n) is 6.32. The first-order chi connectivity index (χ1) is 17.1. The van der Waals surface area contributed by atoms with Gasteiger partial charge in [0.05, 0.1) is 36.7 Å². The number of esters is 1. The fourth-order valence-corrected chi connectivity index (χ4v) is 4.45. The van der Waals surface area contributed by atoms with E-state index >= 15 is 0 Å². The third kappa shape index (κ3) is 4.32. The molecule has 2 atom stereocenters. The molecule has 0 aliphatic carbocycles. The fraction of sp³-hybridized carbons (Fsp3) is 0.269. The van der Waals surface area contributed by atoms with Gasteiger partial charge in [-0.2, -0.15) is 15.0 Å². The minimum absolute atomic E-state index is 0.0287. The summed E-state index contributed by atoms with van der Waals surface area (Å²) >= 11 is 0. The first kappa shape index (κ1) is 22.5. The van der Waals surface area contributed by atoms with Crippen molar-refractivity contribution in [1.82, 2.24) is 24.9 Å². The molecular weight excluding hydrogens is 446 g/mol. The van der Waals surface area contributed by atoms with Crippen molar-refractivity contribution in [3.05, 3.63) is 84.1 Å². The quantitative estimate of drug-likeness (QED) is 0.403. The van der Waals surface area contributed by atoms with E-state index in [1.165, 1.54) is 11.9 Å². The Kier molecular flexibility index (Phi) is 6.13. The second kappa shape index (κ2) is 9.54. The van der Waals surface area contributed by atoms with Crippen molar-refractivity contribution >= 4 is 11.9 Å². The number of amides is 1. The van der Waals surface area contributed by atoms with E-state index in [1.54, 1.807) is 18.5 Å². The average Bonchev–Trinajstić information content (AvgIpc) is 3.60. The van der Waals surface area contributed by atoms with Gasteiger partial charge in [0.15, 0.2) is 11.5 Å². The molecule has 2 unspecified atom stereocenters. The number of methoxy groups -OCH3 is 1. The zero-order chi connectivity index (χ0) is 24.4. The predicted molar refractivity (Wildman–Crippen MR) is 127 cm³/mol. The van der Waals surface area contributed by atoms with Crippen LogP contribution in [-0.2, 0) is 4.74 Å². The van der Waals surface area contributed by atoms with E-state index in [4.69, 9.17) is 9.15 Å². The summed E-state index contributed by atoms with van der Waals surface area (Å²) in [6, 6.07) is 16.7. The van der Waals surface area contributed by atoms with Crippen LogP contribution in [0.15, 0.2) is 71.4 Å². The summed E-state index contributed by atoms with van der Waals surface area (Å²) in [5, 5.41) is 8.38. The first-order valence-corrected chi connectivity index (χ1v) is 11.5. The molecule has 3 heterocycles. The van der Waals surface area contributed by atoms with Crippen LogP contribution >= 0.6 is 0 Å². The van der Waals surface area contributed by atoms with Crippen LogP contribution in [0, 0.1) is 0 Å². The number of rotatable bonds is 5. The predicted octanol–water partition coefficient (Wildman–Crippen LogP) is 4.12. The van der Waals surface area contributed by atoms with Gasteiger partial charge in [-0.3, -0.25) is 4.79 Å². The van der Waals surface area contributed by atoms with Crippen molar-refractivity contribution in [1.29, 1.82) is 0 Å². The summed E-state index contributed by atoms with van der Waals surface area (Å²) in [7, 11) is 1.32. The molecule has 0 bridgehead atoms. The van der Waals surface area contributed by atoms with Crippen LogP contribution in [0.3, 0.4) is 0 Å². The molecule has 35 heavy (non-hydrogen) atoms. The molecule has 178 valence electrons. The van der Waals surface area contributed by atoms with Gasteiger partial charge in [0.1, 0.15) is 0 Å². The van der Waals surface area contributed by atoms with Gasteiger partial charge in [-0.05, 0) is 31.9 Å². The van der Waals surface area contributed by atoms with Crippen LogP contribution in [0.1, 0.15) is 52.4 Å². The van der Waals surface area contributed by atoms with Gasteiger partial charge < -0.3 is 14.1 Å². The van der Waals surface area contributed by atoms with Gasteiger partial charge >= 0.3 is 5.97 Å². The van der Waals surface area contributed by atoms with Gasteiger partial charge in [0, 0.05) is 18.2 Å². The second-order valence-electron chi connectivity index (χ2n) is 8.50. The number of benzene rings is 2. The maximum Gasteiger partial charge on any atom is 0.360 e. The smallest absolute Gasteiger partial charge is 0.360 e. The number of carbonyl (C=O) groups excluding carboxylic acids is 2. The minimum atomic E-state index is -0.559. The lowest BCUT2D eigenvalue weighted by Crippen LogP contribution is -2.45. The van der Waals surface area contributed by atoms with Crippen LogP contribution in [0.25, 0.3) is 17.0 Å². The Balaban J connectivity index is 1.46. The number of hydrogen-bond donors (Lipinski definition) is 0. The Morgan fingerprint density at radius 1 is 1.00 bits per heavy atom. The third-order valence-corrected chi connectivity index (χ3v) is 6.32. The molecule has 1 aliphatic heterocycles. The Morgan fingerprint density at radius 2 is 1.71 bits per heavy atom. The summed E-state index contributed by atoms with van der Waals surface area (Å²) in [4.78, 5) is 33.9. The van der Waals surface area contributed by atoms with E-state index in [9.17, 15) is 9.59 Å². The number of nitrogens with zero attached hydrogens (tertiary/aromatic N) is 5. The Hall–Kier alpha value is -4.27. The molecule has 0 radical (unpaired) electrons. The van der Waals surface area contributed by atoms with Crippen LogP contribution in [0.4, 0.5) is 0 Å². The minimum Gasteiger partial charge on any atom is -0.464 e. The van der Waals surface area contributed by atoms with Crippen LogP contribution in [0.5, 0.6) is 0 Å². The summed E-state index contributed by atoms with van der Waals surface area (Å²) in [6.07, 6.45) is 4.71. The molecule has 0 N–H and O–H groups in total. The van der Waals surface area contributed by atoms with Gasteiger partial charge in [-0.1, -0.05) is 42.5 Å². The van der Waals surface area contributed by atoms with Crippen molar-refractivity contribution in [2.24, 2.45) is 0 Å². The molecule has 9 heteroatoms. The number of aromatic nitrogens is 4. The van der Waals surface area contributed by atoms with Gasteiger partial charge in [-0.15, -0.1) is 0 Å². The summed E-state index contributed by atoms with van der Waals surface area (Å²) in [5.74, 6) is -0.0317. The number of oxazole rings is 1. The lowest BCUT2D eigenvalue weighted by Gasteiger charge is -2.37. The van der Waals surface area contributed by atoms with E-state index in [-0.39, 0.29) is 23.6 Å². The molecule has 1 aliphatic rings. The lowest BCUT2D eigenvalue weighted by molar-refractivity contribution is 0.0583. The fourth-order valence-electron chi connectivity index (χ4n) is 4.45. The largest absolute Gasteiger partial charge is 0.464 e.